The molecule has 0 spiro atoms. The van der Waals surface area contributed by atoms with Gasteiger partial charge in [0, 0.05) is 25.2 Å². The number of rotatable bonds is 8. The fraction of sp³-hybridized carbons (Fsp3) is 0.674. The first-order chi connectivity index (χ1) is 27.6. The largest absolute Gasteiger partial charge is 0.508 e. The number of benzene rings is 1. The average molecular weight is 846 g/mol. The van der Waals surface area contributed by atoms with Gasteiger partial charge in [-0.1, -0.05) is 52.8 Å². The fourth-order valence-electron chi connectivity index (χ4n) is 9.50. The van der Waals surface area contributed by atoms with Gasteiger partial charge in [0.25, 0.3) is 0 Å². The summed E-state index contributed by atoms with van der Waals surface area (Å²) in [7, 11) is 1.07. The molecule has 1 amide bonds. The molecule has 1 aromatic rings. The number of methoxy groups -OCH3 is 1. The van der Waals surface area contributed by atoms with Gasteiger partial charge in [-0.3, -0.25) is 9.59 Å². The van der Waals surface area contributed by atoms with Gasteiger partial charge < -0.3 is 53.8 Å². The van der Waals surface area contributed by atoms with E-state index in [1.54, 1.807) is 59.7 Å². The second-order valence-corrected chi connectivity index (χ2v) is 19.1. The van der Waals surface area contributed by atoms with Crippen molar-refractivity contribution in [3.05, 3.63) is 47.0 Å². The normalized spacial score (nSPS) is 33.1. The van der Waals surface area contributed by atoms with E-state index in [1.807, 2.05) is 0 Å². The third-order valence-corrected chi connectivity index (χ3v) is 12.7. The minimum absolute atomic E-state index is 0.0226. The van der Waals surface area contributed by atoms with E-state index in [2.05, 4.69) is 5.32 Å². The number of nitrogens with one attached hydrogen (secondary N) is 1. The third-order valence-electron chi connectivity index (χ3n) is 12.7. The van der Waals surface area contributed by atoms with Crippen LogP contribution < -0.4 is 5.32 Å². The number of fused-ring (bicyclic) bond motifs is 5. The maximum Gasteiger partial charge on any atom is 0.508 e. The Morgan fingerprint density at radius 1 is 0.967 bits per heavy atom. The van der Waals surface area contributed by atoms with Gasteiger partial charge >= 0.3 is 30.2 Å². The van der Waals surface area contributed by atoms with Crippen LogP contribution >= 0.6 is 0 Å². The highest BCUT2D eigenvalue weighted by atomic mass is 16.8. The molecule has 5 rings (SSSR count). The van der Waals surface area contributed by atoms with E-state index in [4.69, 9.17) is 33.2 Å². The molecule has 17 heteroatoms. The summed E-state index contributed by atoms with van der Waals surface area (Å²) in [4.78, 5) is 82.7. The smallest absolute Gasteiger partial charge is 0.456 e. The third kappa shape index (κ3) is 8.00. The second-order valence-electron chi connectivity index (χ2n) is 19.1. The summed E-state index contributed by atoms with van der Waals surface area (Å²) in [6.07, 6.45) is -12.8. The molecule has 4 aliphatic rings. The molecule has 4 N–H and O–H groups in total. The summed E-state index contributed by atoms with van der Waals surface area (Å²) in [5.41, 5.74) is -9.78. The molecule has 1 heterocycles. The number of ether oxygens (including phenoxy) is 7. The number of hydrogen-bond donors (Lipinski definition) is 4. The molecule has 332 valence electrons. The Balaban J connectivity index is 1.74. The number of aliphatic hydroxyl groups is 3. The zero-order valence-electron chi connectivity index (χ0n) is 36.3. The monoisotopic (exact) mass is 845 g/mol. The van der Waals surface area contributed by atoms with Gasteiger partial charge in [0.1, 0.15) is 29.5 Å². The van der Waals surface area contributed by atoms with Crippen LogP contribution in [0.1, 0.15) is 99.4 Å². The molecule has 1 unspecified atom stereocenters. The predicted octanol–water partition coefficient (Wildman–Crippen LogP) is 3.72. The molecule has 0 radical (unpaired) electrons. The first-order valence-electron chi connectivity index (χ1n) is 19.9. The number of esters is 3. The first-order valence-corrected chi connectivity index (χ1v) is 19.9. The lowest BCUT2D eigenvalue weighted by atomic mass is 9.44. The van der Waals surface area contributed by atoms with Crippen LogP contribution in [0.15, 0.2) is 41.5 Å². The number of aliphatic hydroxyl groups excluding tert-OH is 2. The standard InChI is InChI=1S/C43H59NO16/c1-21-24(57-35(50)28(47)31(38(3,4)5)44-36(51)59-39(6,7)8)19-43(53)33(58-34(49)23-16-14-13-15-17-23)30-41(11,32(48)29(56-22(2)45)27(21)40(43,9)10)25(46)18-26-42(30,20-55-26)60-37(52)54-12/h13-17,24-26,28-31,33,46-47,53H,18-20H2,1-12H3,(H,44,51)/t24-,25-,26+,28-,29+,30?,31-,33-,41+,42-,43+/m0/s1. The summed E-state index contributed by atoms with van der Waals surface area (Å²) >= 11 is 0. The fourth-order valence-corrected chi connectivity index (χ4v) is 9.50. The molecule has 0 aromatic heterocycles. The van der Waals surface area contributed by atoms with E-state index < -0.39 is 124 Å². The number of amides is 1. The van der Waals surface area contributed by atoms with Gasteiger partial charge in [0.2, 0.25) is 0 Å². The lowest BCUT2D eigenvalue weighted by Gasteiger charge is -2.67. The Kier molecular flexibility index (Phi) is 12.4. The minimum atomic E-state index is -2.42. The zero-order valence-corrected chi connectivity index (χ0v) is 36.3. The quantitative estimate of drug-likeness (QED) is 0.166. The molecule has 60 heavy (non-hydrogen) atoms. The van der Waals surface area contributed by atoms with Crippen LogP contribution in [0.3, 0.4) is 0 Å². The minimum Gasteiger partial charge on any atom is -0.456 e. The summed E-state index contributed by atoms with van der Waals surface area (Å²) in [5, 5.41) is 39.8. The van der Waals surface area contributed by atoms with E-state index >= 15 is 4.79 Å². The topological polar surface area (TPSA) is 240 Å². The Labute approximate surface area is 349 Å². The SMILES string of the molecule is COC(=O)O[C@@]12CO[C@@H]1C[C@H](O)[C@@]1(C)C(=O)[C@H](OC(C)=O)C3=C(C)[C@@H](OC(=O)[C@@H](O)[C@H](NC(=O)OC(C)(C)C)C(C)(C)C)C[C@@](O)([C@@H](OC(=O)c4ccccc4)C12)C3(C)C. The van der Waals surface area contributed by atoms with Crippen LogP contribution in [0, 0.1) is 22.2 Å². The number of carbonyl (C=O) groups is 6. The van der Waals surface area contributed by atoms with Crippen LogP contribution in [-0.4, -0.2) is 124 Å². The predicted molar refractivity (Wildman–Crippen MR) is 209 cm³/mol. The second kappa shape index (κ2) is 16.0. The molecule has 1 aliphatic heterocycles. The van der Waals surface area contributed by atoms with Crippen molar-refractivity contribution >= 4 is 35.9 Å². The molecular weight excluding hydrogens is 786 g/mol. The van der Waals surface area contributed by atoms with Gasteiger partial charge in [-0.25, -0.2) is 19.2 Å². The van der Waals surface area contributed by atoms with Crippen LogP contribution in [-0.2, 0) is 47.5 Å². The van der Waals surface area contributed by atoms with Crippen molar-refractivity contribution in [1.29, 1.82) is 0 Å². The maximum atomic E-state index is 15.4. The summed E-state index contributed by atoms with van der Waals surface area (Å²) in [6.45, 7) is 16.6. The number of hydrogen-bond acceptors (Lipinski definition) is 16. The van der Waals surface area contributed by atoms with Crippen LogP contribution in [0.2, 0.25) is 0 Å². The molecule has 17 nitrogen and oxygen atoms in total. The molecule has 1 aromatic carbocycles. The first kappa shape index (κ1) is 46.5. The molecule has 1 saturated heterocycles. The van der Waals surface area contributed by atoms with Gasteiger partial charge in [-0.2, -0.15) is 0 Å². The highest BCUT2D eigenvalue weighted by molar-refractivity contribution is 5.95. The maximum absolute atomic E-state index is 15.4. The number of alkyl carbamates (subject to hydrolysis) is 1. The van der Waals surface area contributed by atoms with Crippen molar-refractivity contribution in [2.45, 2.75) is 148 Å². The lowest BCUT2D eigenvalue weighted by Crippen LogP contribution is -2.82. The number of carbonyl (C=O) groups excluding carboxylic acids is 6. The Hall–Kier alpha value is -4.58. The highest BCUT2D eigenvalue weighted by Crippen LogP contribution is 2.64. The van der Waals surface area contributed by atoms with Crippen LogP contribution in [0.4, 0.5) is 9.59 Å². The van der Waals surface area contributed by atoms with Crippen molar-refractivity contribution in [2.24, 2.45) is 22.2 Å². The van der Waals surface area contributed by atoms with Gasteiger partial charge in [0.05, 0.1) is 42.8 Å². The molecule has 11 atom stereocenters. The van der Waals surface area contributed by atoms with Crippen molar-refractivity contribution in [3.63, 3.8) is 0 Å². The van der Waals surface area contributed by atoms with Crippen LogP contribution in [0.25, 0.3) is 0 Å². The molecule has 2 saturated carbocycles. The molecule has 3 aliphatic carbocycles. The van der Waals surface area contributed by atoms with Crippen LogP contribution in [0.5, 0.6) is 0 Å². The van der Waals surface area contributed by atoms with Crippen molar-refractivity contribution in [2.75, 3.05) is 13.7 Å². The van der Waals surface area contributed by atoms with Gasteiger partial charge in [-0.05, 0) is 63.3 Å². The summed E-state index contributed by atoms with van der Waals surface area (Å²) < 4.78 is 40.3. The molecule has 3 fully saturated rings. The van der Waals surface area contributed by atoms with Crippen molar-refractivity contribution < 1.29 is 77.2 Å². The summed E-state index contributed by atoms with van der Waals surface area (Å²) in [5.74, 6) is -5.62. The Bertz CT molecular complexity index is 1910. The molecule has 2 bridgehead atoms. The lowest BCUT2D eigenvalue weighted by molar-refractivity contribution is -0.344. The van der Waals surface area contributed by atoms with Gasteiger partial charge in [-0.15, -0.1) is 0 Å². The Morgan fingerprint density at radius 2 is 1.58 bits per heavy atom. The zero-order chi connectivity index (χ0) is 45.1. The Morgan fingerprint density at radius 3 is 2.10 bits per heavy atom. The van der Waals surface area contributed by atoms with Gasteiger partial charge in [0.15, 0.2) is 23.6 Å². The van der Waals surface area contributed by atoms with E-state index in [0.29, 0.717) is 0 Å². The van der Waals surface area contributed by atoms with E-state index in [0.717, 1.165) is 14.0 Å². The van der Waals surface area contributed by atoms with E-state index in [1.165, 1.54) is 39.8 Å². The number of Topliss-reactive ketones (excluding diaryl/α,β-unsaturated/α-hetero) is 1. The summed E-state index contributed by atoms with van der Waals surface area (Å²) in [6, 6.07) is 6.50. The highest BCUT2D eigenvalue weighted by Gasteiger charge is 2.78. The van der Waals surface area contributed by atoms with Crippen molar-refractivity contribution in [1.82, 2.24) is 5.32 Å². The van der Waals surface area contributed by atoms with Crippen molar-refractivity contribution in [3.8, 4) is 0 Å². The van der Waals surface area contributed by atoms with E-state index in [-0.39, 0.29) is 29.7 Å². The van der Waals surface area contributed by atoms with E-state index in [9.17, 15) is 39.3 Å². The molecular formula is C43H59NO16. The average Bonchev–Trinajstić information content (AvgIpc) is 3.13. The number of ketones is 1.